The lowest BCUT2D eigenvalue weighted by Crippen LogP contribution is -2.43. The summed E-state index contributed by atoms with van der Waals surface area (Å²) in [5, 5.41) is 6.60. The van der Waals surface area contributed by atoms with Gasteiger partial charge < -0.3 is 15.5 Å². The first kappa shape index (κ1) is 26.8. The van der Waals surface area contributed by atoms with E-state index in [1.165, 1.54) is 11.3 Å². The third-order valence-corrected chi connectivity index (χ3v) is 8.16. The Labute approximate surface area is 226 Å². The number of hydrogen-bond acceptors (Lipinski definition) is 5. The van der Waals surface area contributed by atoms with Crippen molar-refractivity contribution in [3.8, 4) is 11.3 Å². The van der Waals surface area contributed by atoms with Crippen molar-refractivity contribution in [3.05, 3.63) is 59.5 Å². The van der Waals surface area contributed by atoms with Gasteiger partial charge in [0.15, 0.2) is 4.96 Å². The van der Waals surface area contributed by atoms with Crippen molar-refractivity contribution in [2.45, 2.75) is 37.8 Å². The Bertz CT molecular complexity index is 1380. The molecular formula is C26H30Cl2FN5OS. The van der Waals surface area contributed by atoms with Crippen LogP contribution >= 0.6 is 36.2 Å². The number of nitrogens with zero attached hydrogens (tertiary/aromatic N) is 3. The van der Waals surface area contributed by atoms with E-state index in [0.717, 1.165) is 66.1 Å². The first-order chi connectivity index (χ1) is 16.5. The summed E-state index contributed by atoms with van der Waals surface area (Å²) >= 11 is 1.52. The van der Waals surface area contributed by atoms with Gasteiger partial charge >= 0.3 is 0 Å². The number of imidazole rings is 1. The molecule has 2 N–H and O–H groups in total. The van der Waals surface area contributed by atoms with Crippen molar-refractivity contribution in [1.29, 1.82) is 0 Å². The van der Waals surface area contributed by atoms with Crippen LogP contribution in [0.5, 0.6) is 0 Å². The average Bonchev–Trinajstić information content (AvgIpc) is 3.57. The molecule has 2 aromatic heterocycles. The number of amides is 1. The van der Waals surface area contributed by atoms with E-state index in [9.17, 15) is 9.18 Å². The number of piperidine rings is 1. The Morgan fingerprint density at radius 2 is 1.94 bits per heavy atom. The zero-order valence-corrected chi connectivity index (χ0v) is 22.4. The van der Waals surface area contributed by atoms with Crippen molar-refractivity contribution in [2.75, 3.05) is 26.7 Å². The van der Waals surface area contributed by atoms with E-state index in [1.54, 1.807) is 6.07 Å². The quantitative estimate of drug-likeness (QED) is 0.355. The normalized spacial score (nSPS) is 18.8. The monoisotopic (exact) mass is 549 g/mol. The highest BCUT2D eigenvalue weighted by Gasteiger charge is 2.21. The van der Waals surface area contributed by atoms with Crippen LogP contribution in [0.1, 0.15) is 47.6 Å². The lowest BCUT2D eigenvalue weighted by Gasteiger charge is -2.29. The number of nitrogens with one attached hydrogen (secondary N) is 2. The fraction of sp³-hybridized carbons (Fsp3) is 0.385. The summed E-state index contributed by atoms with van der Waals surface area (Å²) in [6, 6.07) is 11.7. The second-order valence-electron chi connectivity index (χ2n) is 9.50. The van der Waals surface area contributed by atoms with Gasteiger partial charge in [-0.25, -0.2) is 9.37 Å². The fourth-order valence-corrected chi connectivity index (χ4v) is 6.17. The smallest absolute Gasteiger partial charge is 0.251 e. The van der Waals surface area contributed by atoms with Gasteiger partial charge in [0, 0.05) is 29.4 Å². The second kappa shape index (κ2) is 11.0. The molecule has 2 aliphatic heterocycles. The van der Waals surface area contributed by atoms with Crippen LogP contribution in [-0.4, -0.2) is 52.9 Å². The van der Waals surface area contributed by atoms with Crippen LogP contribution in [-0.2, 0) is 0 Å². The molecule has 4 heterocycles. The highest BCUT2D eigenvalue weighted by Crippen LogP contribution is 2.32. The molecule has 6 nitrogen and oxygen atoms in total. The van der Waals surface area contributed by atoms with Crippen LogP contribution in [0.3, 0.4) is 0 Å². The molecule has 4 aromatic rings. The number of benzene rings is 2. The minimum absolute atomic E-state index is 0. The molecule has 0 aliphatic carbocycles. The number of hydrogen-bond donors (Lipinski definition) is 2. The van der Waals surface area contributed by atoms with Gasteiger partial charge in [0.25, 0.3) is 5.91 Å². The van der Waals surface area contributed by atoms with E-state index in [2.05, 4.69) is 22.6 Å². The van der Waals surface area contributed by atoms with E-state index in [4.69, 9.17) is 4.98 Å². The third-order valence-electron chi connectivity index (χ3n) is 7.14. The molecule has 0 bridgehead atoms. The Morgan fingerprint density at radius 3 is 2.67 bits per heavy atom. The van der Waals surface area contributed by atoms with Crippen molar-refractivity contribution < 1.29 is 9.18 Å². The molecule has 0 radical (unpaired) electrons. The van der Waals surface area contributed by atoms with Gasteiger partial charge in [0.2, 0.25) is 0 Å². The molecule has 1 atom stereocenters. The Morgan fingerprint density at radius 1 is 1.14 bits per heavy atom. The lowest BCUT2D eigenvalue weighted by atomic mass is 10.0. The molecule has 0 saturated carbocycles. The van der Waals surface area contributed by atoms with E-state index in [1.807, 2.05) is 40.9 Å². The summed E-state index contributed by atoms with van der Waals surface area (Å²) in [6.45, 7) is 3.00. The van der Waals surface area contributed by atoms with Crippen LogP contribution < -0.4 is 10.6 Å². The highest BCUT2D eigenvalue weighted by molar-refractivity contribution is 7.23. The number of fused-ring (bicyclic) bond motifs is 3. The molecule has 36 heavy (non-hydrogen) atoms. The minimum Gasteiger partial charge on any atom is -0.349 e. The minimum atomic E-state index is -0.242. The maximum Gasteiger partial charge on any atom is 0.251 e. The van der Waals surface area contributed by atoms with Crippen molar-refractivity contribution in [2.24, 2.45) is 0 Å². The molecule has 10 heteroatoms. The van der Waals surface area contributed by atoms with E-state index in [-0.39, 0.29) is 48.6 Å². The van der Waals surface area contributed by atoms with Gasteiger partial charge in [0.05, 0.1) is 15.9 Å². The zero-order chi connectivity index (χ0) is 23.2. The largest absolute Gasteiger partial charge is 0.349 e. The molecule has 2 saturated heterocycles. The number of rotatable bonds is 4. The summed E-state index contributed by atoms with van der Waals surface area (Å²) < 4.78 is 18.0. The molecule has 0 spiro atoms. The number of aromatic nitrogens is 2. The summed E-state index contributed by atoms with van der Waals surface area (Å²) in [6.07, 6.45) is 6.02. The fourth-order valence-electron chi connectivity index (χ4n) is 5.12. The Kier molecular flexibility index (Phi) is 8.22. The van der Waals surface area contributed by atoms with Crippen LogP contribution in [0.25, 0.3) is 26.4 Å². The Hall–Kier alpha value is -2.23. The number of carbonyl (C=O) groups excluding carboxylic acids is 1. The van der Waals surface area contributed by atoms with E-state index in [0.29, 0.717) is 16.8 Å². The van der Waals surface area contributed by atoms with Crippen molar-refractivity contribution in [1.82, 2.24) is 24.9 Å². The van der Waals surface area contributed by atoms with E-state index < -0.39 is 0 Å². The summed E-state index contributed by atoms with van der Waals surface area (Å²) in [7, 11) is 2.11. The van der Waals surface area contributed by atoms with Gasteiger partial charge in [-0.2, -0.15) is 0 Å². The van der Waals surface area contributed by atoms with Crippen LogP contribution in [0.2, 0.25) is 0 Å². The first-order valence-corrected chi connectivity index (χ1v) is 12.8. The molecule has 1 amide bonds. The molecule has 192 valence electrons. The third kappa shape index (κ3) is 5.10. The molecule has 2 aliphatic rings. The van der Waals surface area contributed by atoms with Crippen LogP contribution in [0, 0.1) is 5.82 Å². The number of carbonyl (C=O) groups is 1. The first-order valence-electron chi connectivity index (χ1n) is 12.0. The van der Waals surface area contributed by atoms with Crippen LogP contribution in [0.15, 0.2) is 42.6 Å². The maximum atomic E-state index is 15.0. The second-order valence-corrected chi connectivity index (χ2v) is 10.5. The molecule has 1 unspecified atom stereocenters. The average molecular weight is 551 g/mol. The predicted molar refractivity (Wildman–Crippen MR) is 148 cm³/mol. The summed E-state index contributed by atoms with van der Waals surface area (Å²) in [5.41, 5.74) is 3.77. The van der Waals surface area contributed by atoms with Gasteiger partial charge in [0.1, 0.15) is 5.82 Å². The zero-order valence-electron chi connectivity index (χ0n) is 20.0. The number of halogens is 3. The number of thiazole rings is 1. The standard InChI is InChI=1S/C26H28FN5OS.2ClH/c1-31-11-8-18(9-12-31)29-25(33)17-5-7-23-24(14-17)34-26-30-22(15-32(23)26)19-6-4-16(13-20(19)27)21-3-2-10-28-21;;/h4-7,13-15,18,21,28H,2-3,8-12H2,1H3,(H,29,33);2*1H. The molecule has 2 aromatic carbocycles. The van der Waals surface area contributed by atoms with Gasteiger partial charge in [-0.1, -0.05) is 17.4 Å². The SMILES string of the molecule is CN1CCC(NC(=O)c2ccc3c(c2)sc2nc(-c4ccc(C5CCCN5)cc4F)cn23)CC1.Cl.Cl. The summed E-state index contributed by atoms with van der Waals surface area (Å²) in [5.74, 6) is -0.267. The van der Waals surface area contributed by atoms with Crippen molar-refractivity contribution >= 4 is 57.2 Å². The molecule has 6 rings (SSSR count). The molecule has 2 fully saturated rings. The Balaban J connectivity index is 0.00000152. The van der Waals surface area contributed by atoms with Crippen LogP contribution in [0.4, 0.5) is 4.39 Å². The predicted octanol–water partition coefficient (Wildman–Crippen LogP) is 5.45. The van der Waals surface area contributed by atoms with Crippen molar-refractivity contribution in [3.63, 3.8) is 0 Å². The van der Waals surface area contributed by atoms with Gasteiger partial charge in [-0.3, -0.25) is 9.20 Å². The van der Waals surface area contributed by atoms with Gasteiger partial charge in [-0.05, 0) is 88.3 Å². The number of likely N-dealkylation sites (tertiary alicyclic amines) is 1. The molecular weight excluding hydrogens is 520 g/mol. The summed E-state index contributed by atoms with van der Waals surface area (Å²) in [4.78, 5) is 20.6. The highest BCUT2D eigenvalue weighted by atomic mass is 35.5. The van der Waals surface area contributed by atoms with E-state index >= 15 is 0 Å². The topological polar surface area (TPSA) is 61.7 Å². The lowest BCUT2D eigenvalue weighted by molar-refractivity contribution is 0.0917. The van der Waals surface area contributed by atoms with Gasteiger partial charge in [-0.15, -0.1) is 24.8 Å². The maximum absolute atomic E-state index is 15.0.